The Morgan fingerprint density at radius 2 is 2.28 bits per heavy atom. The second-order valence-electron chi connectivity index (χ2n) is 4.48. The highest BCUT2D eigenvalue weighted by atomic mass is 79.9. The molecule has 5 heteroatoms. The first-order chi connectivity index (χ1) is 8.63. The molecule has 1 saturated heterocycles. The third-order valence-corrected chi connectivity index (χ3v) is 4.42. The number of hydrogen-bond acceptors (Lipinski definition) is 2. The maximum Gasteiger partial charge on any atom is 0.255 e. The van der Waals surface area contributed by atoms with Crippen LogP contribution in [0.1, 0.15) is 23.2 Å². The summed E-state index contributed by atoms with van der Waals surface area (Å²) in [6.07, 6.45) is 2.17. The molecule has 0 bridgehead atoms. The number of likely N-dealkylation sites (N-methyl/N-ethyl adjacent to an activating group) is 1. The minimum Gasteiger partial charge on any atom is -0.334 e. The summed E-state index contributed by atoms with van der Waals surface area (Å²) in [4.78, 5) is 14.5. The molecule has 3 nitrogen and oxygen atoms in total. The Bertz CT molecular complexity index is 451. The Morgan fingerprint density at radius 1 is 1.50 bits per heavy atom. The van der Waals surface area contributed by atoms with Gasteiger partial charge in [-0.05, 0) is 54.0 Å². The molecule has 0 spiro atoms. The molecular weight excluding hydrogens is 360 g/mol. The minimum absolute atomic E-state index is 0.112. The van der Waals surface area contributed by atoms with Gasteiger partial charge in [0.1, 0.15) is 0 Å². The second kappa shape index (κ2) is 6.17. The van der Waals surface area contributed by atoms with Crippen molar-refractivity contribution in [1.29, 1.82) is 0 Å². The number of carbonyl (C=O) groups excluding carboxylic acids is 1. The highest BCUT2D eigenvalue weighted by Gasteiger charge is 2.29. The van der Waals surface area contributed by atoms with E-state index in [1.54, 1.807) is 0 Å². The molecule has 1 fully saturated rings. The van der Waals surface area contributed by atoms with Crippen molar-refractivity contribution in [2.45, 2.75) is 18.9 Å². The first kappa shape index (κ1) is 14.0. The Balaban J connectivity index is 2.22. The van der Waals surface area contributed by atoms with Crippen LogP contribution in [0.2, 0.25) is 0 Å². The zero-order valence-corrected chi connectivity index (χ0v) is 13.4. The molecule has 18 heavy (non-hydrogen) atoms. The second-order valence-corrected chi connectivity index (χ2v) is 6.25. The maximum absolute atomic E-state index is 12.6. The quantitative estimate of drug-likeness (QED) is 0.880. The third kappa shape index (κ3) is 2.95. The van der Waals surface area contributed by atoms with Crippen molar-refractivity contribution in [2.75, 3.05) is 20.1 Å². The fourth-order valence-electron chi connectivity index (χ4n) is 2.37. The summed E-state index contributed by atoms with van der Waals surface area (Å²) >= 11 is 6.87. The highest BCUT2D eigenvalue weighted by molar-refractivity contribution is 9.11. The summed E-state index contributed by atoms with van der Waals surface area (Å²) in [5, 5.41) is 3.16. The third-order valence-electron chi connectivity index (χ3n) is 3.24. The predicted molar refractivity (Wildman–Crippen MR) is 79.8 cm³/mol. The van der Waals surface area contributed by atoms with E-state index < -0.39 is 0 Å². The van der Waals surface area contributed by atoms with Crippen molar-refractivity contribution in [3.8, 4) is 0 Å². The predicted octanol–water partition coefficient (Wildman–Crippen LogP) is 3.04. The van der Waals surface area contributed by atoms with Gasteiger partial charge in [-0.1, -0.05) is 15.9 Å². The summed E-state index contributed by atoms with van der Waals surface area (Å²) in [6.45, 7) is 1.71. The van der Waals surface area contributed by atoms with Gasteiger partial charge in [-0.25, -0.2) is 0 Å². The SMILES string of the molecule is CNCC1CCCN1C(=O)c1cc(Br)ccc1Br. The van der Waals surface area contributed by atoms with Gasteiger partial charge in [-0.2, -0.15) is 0 Å². The molecule has 1 heterocycles. The van der Waals surface area contributed by atoms with Gasteiger partial charge in [-0.15, -0.1) is 0 Å². The summed E-state index contributed by atoms with van der Waals surface area (Å²) in [6, 6.07) is 6.02. The van der Waals surface area contributed by atoms with Crippen LogP contribution in [-0.4, -0.2) is 37.0 Å². The van der Waals surface area contributed by atoms with E-state index in [1.165, 1.54) is 0 Å². The lowest BCUT2D eigenvalue weighted by Gasteiger charge is -2.25. The van der Waals surface area contributed by atoms with Crippen LogP contribution in [0.15, 0.2) is 27.1 Å². The van der Waals surface area contributed by atoms with E-state index in [4.69, 9.17) is 0 Å². The van der Waals surface area contributed by atoms with E-state index in [1.807, 2.05) is 30.1 Å². The molecule has 2 rings (SSSR count). The van der Waals surface area contributed by atoms with Crippen molar-refractivity contribution >= 4 is 37.8 Å². The summed E-state index contributed by atoms with van der Waals surface area (Å²) in [5.74, 6) is 0.112. The molecule has 1 unspecified atom stereocenters. The van der Waals surface area contributed by atoms with Crippen LogP contribution in [0.5, 0.6) is 0 Å². The highest BCUT2D eigenvalue weighted by Crippen LogP contribution is 2.26. The Labute approximate surface area is 124 Å². The van der Waals surface area contributed by atoms with Gasteiger partial charge in [-0.3, -0.25) is 4.79 Å². The molecule has 1 N–H and O–H groups in total. The zero-order chi connectivity index (χ0) is 13.1. The molecular formula is C13H16Br2N2O. The average molecular weight is 376 g/mol. The number of nitrogens with one attached hydrogen (secondary N) is 1. The van der Waals surface area contributed by atoms with Crippen LogP contribution < -0.4 is 5.32 Å². The van der Waals surface area contributed by atoms with Gasteiger partial charge in [0.25, 0.3) is 5.91 Å². The number of hydrogen-bond donors (Lipinski definition) is 1. The van der Waals surface area contributed by atoms with Crippen molar-refractivity contribution in [3.63, 3.8) is 0 Å². The topological polar surface area (TPSA) is 32.3 Å². The van der Waals surface area contributed by atoms with Crippen LogP contribution in [0.4, 0.5) is 0 Å². The molecule has 1 aliphatic heterocycles. The smallest absolute Gasteiger partial charge is 0.255 e. The first-order valence-electron chi connectivity index (χ1n) is 6.04. The number of likely N-dealkylation sites (tertiary alicyclic amines) is 1. The van der Waals surface area contributed by atoms with Crippen LogP contribution in [-0.2, 0) is 0 Å². The number of rotatable bonds is 3. The van der Waals surface area contributed by atoms with Crippen LogP contribution in [0.3, 0.4) is 0 Å². The standard InChI is InChI=1S/C13H16Br2N2O/c1-16-8-10-3-2-6-17(10)13(18)11-7-9(14)4-5-12(11)15/h4-5,7,10,16H,2-3,6,8H2,1H3. The van der Waals surface area contributed by atoms with Crippen molar-refractivity contribution in [3.05, 3.63) is 32.7 Å². The van der Waals surface area contributed by atoms with Crippen molar-refractivity contribution < 1.29 is 4.79 Å². The number of carbonyl (C=O) groups is 1. The van der Waals surface area contributed by atoms with E-state index in [-0.39, 0.29) is 5.91 Å². The fraction of sp³-hybridized carbons (Fsp3) is 0.462. The van der Waals surface area contributed by atoms with Gasteiger partial charge in [0, 0.05) is 28.1 Å². The molecule has 0 aliphatic carbocycles. The number of benzene rings is 1. The van der Waals surface area contributed by atoms with E-state index >= 15 is 0 Å². The largest absolute Gasteiger partial charge is 0.334 e. The van der Waals surface area contributed by atoms with E-state index in [2.05, 4.69) is 37.2 Å². The van der Waals surface area contributed by atoms with Crippen LogP contribution in [0, 0.1) is 0 Å². The molecule has 1 atom stereocenters. The number of nitrogens with zero attached hydrogens (tertiary/aromatic N) is 1. The lowest BCUT2D eigenvalue weighted by atomic mass is 10.1. The molecule has 0 aromatic heterocycles. The Morgan fingerprint density at radius 3 is 3.00 bits per heavy atom. The molecule has 1 amide bonds. The average Bonchev–Trinajstić information content (AvgIpc) is 2.80. The molecule has 0 radical (unpaired) electrons. The minimum atomic E-state index is 0.112. The Kier molecular flexibility index (Phi) is 4.81. The molecule has 1 aromatic rings. The van der Waals surface area contributed by atoms with Gasteiger partial charge in [0.15, 0.2) is 0 Å². The Hall–Kier alpha value is -0.390. The lowest BCUT2D eigenvalue weighted by Crippen LogP contribution is -2.40. The number of amides is 1. The van der Waals surface area contributed by atoms with E-state index in [0.29, 0.717) is 6.04 Å². The normalized spacial score (nSPS) is 19.3. The van der Waals surface area contributed by atoms with Crippen molar-refractivity contribution in [1.82, 2.24) is 10.2 Å². The van der Waals surface area contributed by atoms with Gasteiger partial charge < -0.3 is 10.2 Å². The van der Waals surface area contributed by atoms with Gasteiger partial charge >= 0.3 is 0 Å². The van der Waals surface area contributed by atoms with Crippen LogP contribution in [0.25, 0.3) is 0 Å². The van der Waals surface area contributed by atoms with Crippen LogP contribution >= 0.6 is 31.9 Å². The fourth-order valence-corrected chi connectivity index (χ4v) is 3.14. The lowest BCUT2D eigenvalue weighted by molar-refractivity contribution is 0.0736. The monoisotopic (exact) mass is 374 g/mol. The molecule has 98 valence electrons. The van der Waals surface area contributed by atoms with Crippen molar-refractivity contribution in [2.24, 2.45) is 0 Å². The molecule has 1 aliphatic rings. The summed E-state index contributed by atoms with van der Waals surface area (Å²) in [5.41, 5.74) is 0.729. The van der Waals surface area contributed by atoms with Gasteiger partial charge in [0.05, 0.1) is 5.56 Å². The summed E-state index contributed by atoms with van der Waals surface area (Å²) in [7, 11) is 1.93. The van der Waals surface area contributed by atoms with E-state index in [9.17, 15) is 4.79 Å². The first-order valence-corrected chi connectivity index (χ1v) is 7.62. The molecule has 0 saturated carbocycles. The van der Waals surface area contributed by atoms with Gasteiger partial charge in [0.2, 0.25) is 0 Å². The number of halogens is 2. The molecule has 1 aromatic carbocycles. The zero-order valence-electron chi connectivity index (χ0n) is 10.2. The summed E-state index contributed by atoms with van der Waals surface area (Å²) < 4.78 is 1.78. The maximum atomic E-state index is 12.6. The van der Waals surface area contributed by atoms with E-state index in [0.717, 1.165) is 40.4 Å².